The van der Waals surface area contributed by atoms with Crippen molar-refractivity contribution in [3.63, 3.8) is 0 Å². The number of phenolic OH excluding ortho intramolecular Hbond substituents is 1. The van der Waals surface area contributed by atoms with Crippen LogP contribution in [0, 0.1) is 0 Å². The number of carbonyl (C=O) groups excluding carboxylic acids is 1. The molecule has 188 valence electrons. The molecular weight excluding hydrogens is 476 g/mol. The molecule has 8 nitrogen and oxygen atoms in total. The number of carbonyl (C=O) groups is 2. The number of aliphatic hydroxyl groups excluding tert-OH is 2. The predicted octanol–water partition coefficient (Wildman–Crippen LogP) is 3.35. The summed E-state index contributed by atoms with van der Waals surface area (Å²) in [5.41, 5.74) is -0.0541. The number of halogens is 1. The molecule has 0 bridgehead atoms. The van der Waals surface area contributed by atoms with E-state index in [1.54, 1.807) is 12.1 Å². The van der Waals surface area contributed by atoms with Gasteiger partial charge in [0.15, 0.2) is 5.60 Å². The maximum atomic E-state index is 12.3. The number of carboxylic acid groups (broad SMARTS) is 1. The summed E-state index contributed by atoms with van der Waals surface area (Å²) in [5, 5.41) is 40.5. The Morgan fingerprint density at radius 2 is 1.71 bits per heavy atom. The third-order valence-electron chi connectivity index (χ3n) is 5.96. The van der Waals surface area contributed by atoms with E-state index in [1.807, 2.05) is 24.3 Å². The first-order valence-corrected chi connectivity index (χ1v) is 11.7. The maximum absolute atomic E-state index is 12.3. The molecule has 0 spiro atoms. The molecule has 0 heterocycles. The van der Waals surface area contributed by atoms with Gasteiger partial charge in [-0.15, -0.1) is 0 Å². The van der Waals surface area contributed by atoms with Crippen molar-refractivity contribution in [1.82, 2.24) is 0 Å². The number of phenols is 1. The van der Waals surface area contributed by atoms with Gasteiger partial charge in [0.1, 0.15) is 18.0 Å². The van der Waals surface area contributed by atoms with Crippen LogP contribution in [0.5, 0.6) is 5.75 Å². The molecule has 4 atom stereocenters. The number of rotatable bonds is 10. The molecule has 1 fully saturated rings. The van der Waals surface area contributed by atoms with Gasteiger partial charge in [-0.1, -0.05) is 35.9 Å². The largest absolute Gasteiger partial charge is 0.508 e. The molecule has 3 rings (SSSR count). The Balaban J connectivity index is 1.57. The van der Waals surface area contributed by atoms with Gasteiger partial charge in [0.25, 0.3) is 0 Å². The number of hydrogen-bond donors (Lipinski definition) is 4. The van der Waals surface area contributed by atoms with Gasteiger partial charge in [-0.25, -0.2) is 9.59 Å². The van der Waals surface area contributed by atoms with Gasteiger partial charge in [0, 0.05) is 30.5 Å². The lowest BCUT2D eigenvalue weighted by molar-refractivity contribution is -0.207. The SMILES string of the molecule is O=C(/C=C/c1ccc(O)cc1)O[C@@H]1C[C@](OCCCCc2ccc(Cl)cc2)(C(=O)O)C[C@@H](O)[C@H]1O. The Morgan fingerprint density at radius 1 is 1.03 bits per heavy atom. The summed E-state index contributed by atoms with van der Waals surface area (Å²) >= 11 is 5.89. The molecule has 1 saturated carbocycles. The average molecular weight is 505 g/mol. The number of aliphatic carboxylic acids is 1. The van der Waals surface area contributed by atoms with Crippen LogP contribution in [0.15, 0.2) is 54.6 Å². The topological polar surface area (TPSA) is 134 Å². The van der Waals surface area contributed by atoms with Gasteiger partial charge in [-0.3, -0.25) is 0 Å². The number of aryl methyl sites for hydroxylation is 1. The fourth-order valence-corrected chi connectivity index (χ4v) is 4.11. The Morgan fingerprint density at radius 3 is 2.37 bits per heavy atom. The quantitative estimate of drug-likeness (QED) is 0.220. The van der Waals surface area contributed by atoms with Crippen molar-refractivity contribution in [2.45, 2.75) is 56.0 Å². The van der Waals surface area contributed by atoms with E-state index in [2.05, 4.69) is 0 Å². The molecular formula is C26H29ClO8. The lowest BCUT2D eigenvalue weighted by Gasteiger charge is -2.41. The zero-order valence-electron chi connectivity index (χ0n) is 19.0. The number of benzene rings is 2. The molecule has 0 aliphatic heterocycles. The summed E-state index contributed by atoms with van der Waals surface area (Å²) in [5.74, 6) is -2.01. The van der Waals surface area contributed by atoms with Crippen molar-refractivity contribution in [2.24, 2.45) is 0 Å². The first-order chi connectivity index (χ1) is 16.7. The third kappa shape index (κ3) is 7.53. The van der Waals surface area contributed by atoms with Crippen LogP contribution in [0.1, 0.15) is 36.8 Å². The minimum Gasteiger partial charge on any atom is -0.508 e. The second-order valence-electron chi connectivity index (χ2n) is 8.60. The highest BCUT2D eigenvalue weighted by molar-refractivity contribution is 6.30. The summed E-state index contributed by atoms with van der Waals surface area (Å²) in [4.78, 5) is 24.4. The zero-order chi connectivity index (χ0) is 25.4. The van der Waals surface area contributed by atoms with Gasteiger partial charge in [-0.05, 0) is 60.7 Å². The van der Waals surface area contributed by atoms with E-state index in [0.717, 1.165) is 24.5 Å². The highest BCUT2D eigenvalue weighted by Crippen LogP contribution is 2.35. The number of esters is 1. The number of ether oxygens (including phenoxy) is 2. The van der Waals surface area contributed by atoms with E-state index in [0.29, 0.717) is 17.0 Å². The van der Waals surface area contributed by atoms with Crippen molar-refractivity contribution in [2.75, 3.05) is 6.61 Å². The maximum Gasteiger partial charge on any atom is 0.336 e. The average Bonchev–Trinajstić information content (AvgIpc) is 2.82. The fourth-order valence-electron chi connectivity index (χ4n) is 3.99. The summed E-state index contributed by atoms with van der Waals surface area (Å²) in [6.07, 6.45) is -0.0750. The monoisotopic (exact) mass is 504 g/mol. The molecule has 0 unspecified atom stereocenters. The van der Waals surface area contributed by atoms with Gasteiger partial charge in [0.2, 0.25) is 0 Å². The van der Waals surface area contributed by atoms with E-state index < -0.39 is 35.9 Å². The highest BCUT2D eigenvalue weighted by atomic mass is 35.5. The van der Waals surface area contributed by atoms with Crippen LogP contribution in [0.2, 0.25) is 5.02 Å². The summed E-state index contributed by atoms with van der Waals surface area (Å²) in [6.45, 7) is 0.129. The summed E-state index contributed by atoms with van der Waals surface area (Å²) in [6, 6.07) is 13.6. The van der Waals surface area contributed by atoms with Gasteiger partial charge < -0.3 is 29.9 Å². The molecule has 0 amide bonds. The minimum absolute atomic E-state index is 0.0824. The fraction of sp³-hybridized carbons (Fsp3) is 0.385. The Bertz CT molecular complexity index is 1020. The lowest BCUT2D eigenvalue weighted by Crippen LogP contribution is -2.58. The van der Waals surface area contributed by atoms with Crippen LogP contribution in [0.25, 0.3) is 6.08 Å². The summed E-state index contributed by atoms with van der Waals surface area (Å²) in [7, 11) is 0. The molecule has 1 aliphatic carbocycles. The summed E-state index contributed by atoms with van der Waals surface area (Å²) < 4.78 is 11.0. The molecule has 35 heavy (non-hydrogen) atoms. The van der Waals surface area contributed by atoms with Gasteiger partial charge >= 0.3 is 11.9 Å². The van der Waals surface area contributed by atoms with Crippen molar-refractivity contribution < 1.29 is 39.5 Å². The zero-order valence-corrected chi connectivity index (χ0v) is 19.8. The third-order valence-corrected chi connectivity index (χ3v) is 6.21. The molecule has 0 radical (unpaired) electrons. The molecule has 0 aromatic heterocycles. The first-order valence-electron chi connectivity index (χ1n) is 11.3. The molecule has 4 N–H and O–H groups in total. The van der Waals surface area contributed by atoms with Crippen molar-refractivity contribution in [3.05, 3.63) is 70.8 Å². The second kappa shape index (κ2) is 12.2. The molecule has 2 aromatic rings. The molecule has 1 aliphatic rings. The second-order valence-corrected chi connectivity index (χ2v) is 9.03. The molecule has 0 saturated heterocycles. The van der Waals surface area contributed by atoms with E-state index >= 15 is 0 Å². The van der Waals surface area contributed by atoms with Crippen LogP contribution < -0.4 is 0 Å². The van der Waals surface area contributed by atoms with Crippen LogP contribution in [0.4, 0.5) is 0 Å². The number of hydrogen-bond acceptors (Lipinski definition) is 7. The van der Waals surface area contributed by atoms with Crippen LogP contribution >= 0.6 is 11.6 Å². The van der Waals surface area contributed by atoms with E-state index in [9.17, 15) is 30.0 Å². The normalized spacial score (nSPS) is 24.4. The van der Waals surface area contributed by atoms with Crippen LogP contribution in [0.3, 0.4) is 0 Å². The van der Waals surface area contributed by atoms with E-state index in [4.69, 9.17) is 21.1 Å². The number of unbranched alkanes of at least 4 members (excludes halogenated alkanes) is 1. The van der Waals surface area contributed by atoms with E-state index in [1.165, 1.54) is 18.2 Å². The highest BCUT2D eigenvalue weighted by Gasteiger charge is 2.52. The number of aromatic hydroxyl groups is 1. The van der Waals surface area contributed by atoms with Gasteiger partial charge in [0.05, 0.1) is 6.10 Å². The number of carboxylic acids is 1. The number of aliphatic hydroxyl groups is 2. The van der Waals surface area contributed by atoms with Gasteiger partial charge in [-0.2, -0.15) is 0 Å². The van der Waals surface area contributed by atoms with Crippen LogP contribution in [-0.2, 0) is 25.5 Å². The molecule has 2 aromatic carbocycles. The Labute approximate surface area is 208 Å². The van der Waals surface area contributed by atoms with Crippen molar-refractivity contribution in [1.29, 1.82) is 0 Å². The molecule has 9 heteroatoms. The smallest absolute Gasteiger partial charge is 0.336 e. The Hall–Kier alpha value is -2.91. The first kappa shape index (κ1) is 26.7. The van der Waals surface area contributed by atoms with E-state index in [-0.39, 0.29) is 25.2 Å². The van der Waals surface area contributed by atoms with Crippen molar-refractivity contribution >= 4 is 29.6 Å². The minimum atomic E-state index is -1.79. The predicted molar refractivity (Wildman–Crippen MR) is 129 cm³/mol. The Kier molecular flexibility index (Phi) is 9.28. The standard InChI is InChI=1S/C26H29ClO8/c27-19-9-4-17(5-10-19)3-1-2-14-34-26(25(32)33)15-21(29)24(31)22(16-26)35-23(30)13-8-18-6-11-20(28)12-7-18/h4-13,21-22,24,28-29,31H,1-3,14-16H2,(H,32,33)/b13-8+/t21-,22-,24-,26+/m1/s1. The van der Waals surface area contributed by atoms with Crippen LogP contribution in [-0.4, -0.2) is 62.9 Å². The lowest BCUT2D eigenvalue weighted by atomic mass is 9.79. The van der Waals surface area contributed by atoms with Crippen molar-refractivity contribution in [3.8, 4) is 5.75 Å².